The van der Waals surface area contributed by atoms with Gasteiger partial charge in [-0.25, -0.2) is 0 Å². The molecule has 0 aromatic rings. The van der Waals surface area contributed by atoms with E-state index in [2.05, 4.69) is 0 Å². The van der Waals surface area contributed by atoms with E-state index >= 15 is 0 Å². The van der Waals surface area contributed by atoms with E-state index in [1.165, 1.54) is 0 Å². The van der Waals surface area contributed by atoms with Crippen molar-refractivity contribution in [2.24, 2.45) is 5.92 Å². The zero-order valence-corrected chi connectivity index (χ0v) is 8.04. The molecule has 0 aliphatic heterocycles. The Morgan fingerprint density at radius 2 is 2.17 bits per heavy atom. The van der Waals surface area contributed by atoms with E-state index in [1.807, 2.05) is 26.8 Å². The summed E-state index contributed by atoms with van der Waals surface area (Å²) in [6, 6.07) is 0. The van der Waals surface area contributed by atoms with Crippen molar-refractivity contribution in [2.45, 2.75) is 45.3 Å². The smallest absolute Gasteiger partial charge is 0.0775 e. The van der Waals surface area contributed by atoms with Gasteiger partial charge in [-0.15, -0.1) is 0 Å². The third kappa shape index (κ3) is 1.70. The molecule has 1 aliphatic carbocycles. The van der Waals surface area contributed by atoms with E-state index in [4.69, 9.17) is 0 Å². The zero-order chi connectivity index (χ0) is 9.35. The molecule has 0 heterocycles. The fourth-order valence-corrected chi connectivity index (χ4v) is 1.52. The lowest BCUT2D eigenvalue weighted by Gasteiger charge is -2.36. The largest absolute Gasteiger partial charge is 0.389 e. The summed E-state index contributed by atoms with van der Waals surface area (Å²) in [7, 11) is 0. The number of hydrogen-bond donors (Lipinski definition) is 2. The second-order valence-electron chi connectivity index (χ2n) is 4.13. The Balaban J connectivity index is 2.75. The molecule has 2 atom stereocenters. The molecule has 2 nitrogen and oxygen atoms in total. The minimum absolute atomic E-state index is 0.205. The van der Waals surface area contributed by atoms with Crippen LogP contribution < -0.4 is 0 Å². The molecule has 0 aromatic heterocycles. The summed E-state index contributed by atoms with van der Waals surface area (Å²) in [6.45, 7) is 5.88. The summed E-state index contributed by atoms with van der Waals surface area (Å²) < 4.78 is 0. The van der Waals surface area contributed by atoms with Crippen molar-refractivity contribution in [3.05, 3.63) is 11.6 Å². The quantitative estimate of drug-likeness (QED) is 0.585. The minimum Gasteiger partial charge on any atom is -0.389 e. The lowest BCUT2D eigenvalue weighted by Crippen LogP contribution is -2.41. The van der Waals surface area contributed by atoms with Crippen LogP contribution in [0.1, 0.15) is 33.6 Å². The van der Waals surface area contributed by atoms with E-state index in [1.54, 1.807) is 0 Å². The molecule has 0 unspecified atom stereocenters. The molecular formula is C10H18O2. The molecule has 0 saturated heterocycles. The van der Waals surface area contributed by atoms with Crippen molar-refractivity contribution in [2.75, 3.05) is 0 Å². The molecule has 0 aromatic carbocycles. The summed E-state index contributed by atoms with van der Waals surface area (Å²) in [5.41, 5.74) is 0.291. The maximum absolute atomic E-state index is 10.0. The summed E-state index contributed by atoms with van der Waals surface area (Å²) in [5, 5.41) is 19.6. The van der Waals surface area contributed by atoms with Gasteiger partial charge in [0.2, 0.25) is 0 Å². The standard InChI is InChI=1S/C10H18O2/c1-7(2)10(12)5-4-8(3)9(11)6-10/h4,7,9,11-12H,5-6H2,1-3H3/t9-,10-/m0/s1. The molecule has 0 spiro atoms. The number of aliphatic hydroxyl groups is 2. The molecule has 70 valence electrons. The van der Waals surface area contributed by atoms with Gasteiger partial charge in [0.1, 0.15) is 0 Å². The Hall–Kier alpha value is -0.340. The maximum Gasteiger partial charge on any atom is 0.0775 e. The lowest BCUT2D eigenvalue weighted by molar-refractivity contribution is -0.0434. The maximum atomic E-state index is 10.0. The van der Waals surface area contributed by atoms with Crippen LogP contribution in [0.25, 0.3) is 0 Å². The van der Waals surface area contributed by atoms with Gasteiger partial charge in [-0.2, -0.15) is 0 Å². The van der Waals surface area contributed by atoms with E-state index in [0.717, 1.165) is 5.57 Å². The van der Waals surface area contributed by atoms with Crippen LogP contribution in [0.3, 0.4) is 0 Å². The average Bonchev–Trinajstić information content (AvgIpc) is 1.97. The van der Waals surface area contributed by atoms with Gasteiger partial charge in [-0.05, 0) is 24.8 Å². The van der Waals surface area contributed by atoms with E-state index in [0.29, 0.717) is 12.8 Å². The topological polar surface area (TPSA) is 40.5 Å². The molecule has 0 amide bonds. The molecule has 0 saturated carbocycles. The van der Waals surface area contributed by atoms with E-state index in [9.17, 15) is 10.2 Å². The second kappa shape index (κ2) is 3.19. The van der Waals surface area contributed by atoms with Crippen LogP contribution >= 0.6 is 0 Å². The highest BCUT2D eigenvalue weighted by molar-refractivity contribution is 5.13. The Morgan fingerprint density at radius 1 is 1.58 bits per heavy atom. The molecule has 1 aliphatic rings. The molecule has 12 heavy (non-hydrogen) atoms. The molecular weight excluding hydrogens is 152 g/mol. The van der Waals surface area contributed by atoms with Crippen molar-refractivity contribution in [1.82, 2.24) is 0 Å². The molecule has 0 fully saturated rings. The van der Waals surface area contributed by atoms with Gasteiger partial charge in [-0.1, -0.05) is 19.9 Å². The van der Waals surface area contributed by atoms with Gasteiger partial charge >= 0.3 is 0 Å². The van der Waals surface area contributed by atoms with Gasteiger partial charge < -0.3 is 10.2 Å². The number of hydrogen-bond acceptors (Lipinski definition) is 2. The summed E-state index contributed by atoms with van der Waals surface area (Å²) in [6.07, 6.45) is 2.64. The monoisotopic (exact) mass is 170 g/mol. The van der Waals surface area contributed by atoms with Crippen molar-refractivity contribution in [1.29, 1.82) is 0 Å². The predicted octanol–water partition coefficient (Wildman–Crippen LogP) is 1.47. The van der Waals surface area contributed by atoms with Crippen LogP contribution in [-0.4, -0.2) is 21.9 Å². The van der Waals surface area contributed by atoms with Gasteiger partial charge in [-0.3, -0.25) is 0 Å². The van der Waals surface area contributed by atoms with Crippen molar-refractivity contribution >= 4 is 0 Å². The Kier molecular flexibility index (Phi) is 2.59. The normalized spacial score (nSPS) is 36.8. The van der Waals surface area contributed by atoms with Gasteiger partial charge in [0, 0.05) is 6.42 Å². The first-order chi connectivity index (χ1) is 5.46. The van der Waals surface area contributed by atoms with Gasteiger partial charge in [0.05, 0.1) is 11.7 Å². The third-order valence-electron chi connectivity index (χ3n) is 2.92. The first kappa shape index (κ1) is 9.75. The lowest BCUT2D eigenvalue weighted by atomic mass is 9.77. The first-order valence-electron chi connectivity index (χ1n) is 4.53. The molecule has 2 N–H and O–H groups in total. The molecule has 0 radical (unpaired) electrons. The third-order valence-corrected chi connectivity index (χ3v) is 2.92. The van der Waals surface area contributed by atoms with Crippen LogP contribution in [0.2, 0.25) is 0 Å². The SMILES string of the molecule is CC1=CC[C@@](O)(C(C)C)C[C@@H]1O. The molecule has 1 rings (SSSR count). The Morgan fingerprint density at radius 3 is 2.58 bits per heavy atom. The zero-order valence-electron chi connectivity index (χ0n) is 8.04. The fraction of sp³-hybridized carbons (Fsp3) is 0.800. The molecule has 2 heteroatoms. The average molecular weight is 170 g/mol. The van der Waals surface area contributed by atoms with Crippen molar-refractivity contribution < 1.29 is 10.2 Å². The van der Waals surface area contributed by atoms with Crippen LogP contribution in [0.5, 0.6) is 0 Å². The Bertz CT molecular complexity index is 196. The minimum atomic E-state index is -0.696. The number of rotatable bonds is 1. The van der Waals surface area contributed by atoms with Gasteiger partial charge in [0.25, 0.3) is 0 Å². The summed E-state index contributed by atoms with van der Waals surface area (Å²) >= 11 is 0. The fourth-order valence-electron chi connectivity index (χ4n) is 1.52. The van der Waals surface area contributed by atoms with E-state index in [-0.39, 0.29) is 5.92 Å². The van der Waals surface area contributed by atoms with E-state index < -0.39 is 11.7 Å². The highest BCUT2D eigenvalue weighted by Crippen LogP contribution is 2.33. The summed E-state index contributed by atoms with van der Waals surface area (Å²) in [4.78, 5) is 0. The van der Waals surface area contributed by atoms with Crippen LogP contribution in [0.4, 0.5) is 0 Å². The van der Waals surface area contributed by atoms with Crippen LogP contribution in [0, 0.1) is 5.92 Å². The van der Waals surface area contributed by atoms with Crippen LogP contribution in [-0.2, 0) is 0 Å². The highest BCUT2D eigenvalue weighted by atomic mass is 16.3. The Labute approximate surface area is 73.9 Å². The highest BCUT2D eigenvalue weighted by Gasteiger charge is 2.35. The predicted molar refractivity (Wildman–Crippen MR) is 48.8 cm³/mol. The number of aliphatic hydroxyl groups excluding tert-OH is 1. The second-order valence-corrected chi connectivity index (χ2v) is 4.13. The van der Waals surface area contributed by atoms with Crippen molar-refractivity contribution in [3.8, 4) is 0 Å². The van der Waals surface area contributed by atoms with Crippen LogP contribution in [0.15, 0.2) is 11.6 Å². The first-order valence-corrected chi connectivity index (χ1v) is 4.53. The van der Waals surface area contributed by atoms with Gasteiger partial charge in [0.15, 0.2) is 0 Å². The van der Waals surface area contributed by atoms with Crippen molar-refractivity contribution in [3.63, 3.8) is 0 Å². The molecule has 0 bridgehead atoms. The summed E-state index contributed by atoms with van der Waals surface area (Å²) in [5.74, 6) is 0.205.